The van der Waals surface area contributed by atoms with Gasteiger partial charge < -0.3 is 9.32 Å². The third kappa shape index (κ3) is 2.77. The van der Waals surface area contributed by atoms with E-state index < -0.39 is 0 Å². The Hall–Kier alpha value is -1.55. The fourth-order valence-electron chi connectivity index (χ4n) is 1.57. The van der Waals surface area contributed by atoms with E-state index in [-0.39, 0.29) is 0 Å². The van der Waals surface area contributed by atoms with Gasteiger partial charge >= 0.3 is 0 Å². The summed E-state index contributed by atoms with van der Waals surface area (Å²) in [6.45, 7) is 0.716. The third-order valence-electron chi connectivity index (χ3n) is 2.47. The first kappa shape index (κ1) is 11.9. The summed E-state index contributed by atoms with van der Waals surface area (Å²) in [5.74, 6) is 1.03. The molecule has 0 N–H and O–H groups in total. The lowest BCUT2D eigenvalue weighted by atomic mass is 10.2. The minimum atomic E-state index is 0.346. The molecule has 1 heterocycles. The van der Waals surface area contributed by atoms with E-state index in [1.54, 1.807) is 12.1 Å². The fourth-order valence-corrected chi connectivity index (χ4v) is 1.98. The molecule has 0 aliphatic carbocycles. The zero-order chi connectivity index (χ0) is 12.3. The highest BCUT2D eigenvalue weighted by molar-refractivity contribution is 9.10. The van der Waals surface area contributed by atoms with E-state index in [0.29, 0.717) is 24.5 Å². The molecule has 0 bridgehead atoms. The molecule has 2 rings (SSSR count). The highest BCUT2D eigenvalue weighted by Gasteiger charge is 2.08. The molecule has 0 radical (unpaired) electrons. The molecule has 0 amide bonds. The van der Waals surface area contributed by atoms with E-state index in [0.717, 1.165) is 4.47 Å². The summed E-state index contributed by atoms with van der Waals surface area (Å²) in [5.41, 5.74) is 1.17. The Balaban J connectivity index is 2.14. The van der Waals surface area contributed by atoms with Crippen LogP contribution in [0, 0.1) is 0 Å². The van der Waals surface area contributed by atoms with Crippen molar-refractivity contribution in [3.63, 3.8) is 0 Å². The van der Waals surface area contributed by atoms with Crippen LogP contribution >= 0.6 is 15.9 Å². The molecule has 0 fully saturated rings. The van der Waals surface area contributed by atoms with Crippen LogP contribution in [0.1, 0.15) is 16.1 Å². The van der Waals surface area contributed by atoms with Gasteiger partial charge in [0.1, 0.15) is 0 Å². The number of hydrogen-bond donors (Lipinski definition) is 0. The van der Waals surface area contributed by atoms with E-state index >= 15 is 0 Å². The molecule has 0 atom stereocenters. The summed E-state index contributed by atoms with van der Waals surface area (Å²) < 4.78 is 6.41. The Bertz CT molecular complexity index is 522. The van der Waals surface area contributed by atoms with E-state index in [2.05, 4.69) is 15.9 Å². The van der Waals surface area contributed by atoms with Gasteiger partial charge in [0.2, 0.25) is 0 Å². The number of carbonyl (C=O) groups is 1. The molecule has 4 heteroatoms. The molecule has 0 unspecified atom stereocenters. The number of hydrogen-bond acceptors (Lipinski definition) is 3. The first-order chi connectivity index (χ1) is 8.20. The van der Waals surface area contributed by atoms with E-state index in [9.17, 15) is 4.79 Å². The van der Waals surface area contributed by atoms with Crippen molar-refractivity contribution < 1.29 is 9.21 Å². The van der Waals surface area contributed by atoms with Crippen LogP contribution in [0.3, 0.4) is 0 Å². The molecule has 2 aromatic rings. The SMILES string of the molecule is CN(Cc1ccccc1Br)c1ccc(C=O)o1. The minimum absolute atomic E-state index is 0.346. The van der Waals surface area contributed by atoms with Crippen LogP contribution in [0.2, 0.25) is 0 Å². The third-order valence-corrected chi connectivity index (χ3v) is 3.24. The summed E-state index contributed by atoms with van der Waals surface area (Å²) in [6.07, 6.45) is 0.704. The second-order valence-corrected chi connectivity index (χ2v) is 4.60. The molecule has 1 aromatic heterocycles. The van der Waals surface area contributed by atoms with Crippen molar-refractivity contribution in [1.29, 1.82) is 0 Å². The molecule has 3 nitrogen and oxygen atoms in total. The summed E-state index contributed by atoms with van der Waals surface area (Å²) in [5, 5.41) is 0. The lowest BCUT2D eigenvalue weighted by molar-refractivity contribution is 0.110. The average Bonchev–Trinajstić information content (AvgIpc) is 2.81. The zero-order valence-corrected chi connectivity index (χ0v) is 11.0. The smallest absolute Gasteiger partial charge is 0.196 e. The molecule has 0 spiro atoms. The molecule has 0 saturated carbocycles. The van der Waals surface area contributed by atoms with Gasteiger partial charge in [-0.15, -0.1) is 0 Å². The van der Waals surface area contributed by atoms with Crippen molar-refractivity contribution in [2.24, 2.45) is 0 Å². The maximum Gasteiger partial charge on any atom is 0.196 e. The Morgan fingerprint density at radius 3 is 2.71 bits per heavy atom. The highest BCUT2D eigenvalue weighted by atomic mass is 79.9. The van der Waals surface area contributed by atoms with E-state index in [1.165, 1.54) is 5.56 Å². The summed E-state index contributed by atoms with van der Waals surface area (Å²) in [4.78, 5) is 12.5. The Morgan fingerprint density at radius 1 is 1.29 bits per heavy atom. The monoisotopic (exact) mass is 293 g/mol. The zero-order valence-electron chi connectivity index (χ0n) is 9.39. The summed E-state index contributed by atoms with van der Waals surface area (Å²) >= 11 is 3.50. The molecule has 1 aromatic carbocycles. The standard InChI is InChI=1S/C13H12BrNO2/c1-15(13-7-6-11(9-16)17-13)8-10-4-2-3-5-12(10)14/h2-7,9H,8H2,1H3. The number of anilines is 1. The molecular weight excluding hydrogens is 282 g/mol. The second-order valence-electron chi connectivity index (χ2n) is 3.74. The van der Waals surface area contributed by atoms with Gasteiger partial charge in [-0.2, -0.15) is 0 Å². The number of carbonyl (C=O) groups excluding carboxylic acids is 1. The topological polar surface area (TPSA) is 33.5 Å². The number of furan rings is 1. The Kier molecular flexibility index (Phi) is 3.64. The van der Waals surface area contributed by atoms with Crippen molar-refractivity contribution in [3.8, 4) is 0 Å². The summed E-state index contributed by atoms with van der Waals surface area (Å²) in [7, 11) is 1.92. The maximum atomic E-state index is 10.5. The number of nitrogens with zero attached hydrogens (tertiary/aromatic N) is 1. The highest BCUT2D eigenvalue weighted by Crippen LogP contribution is 2.22. The molecule has 88 valence electrons. The van der Waals surface area contributed by atoms with Crippen LogP contribution in [0.25, 0.3) is 0 Å². The van der Waals surface area contributed by atoms with Crippen LogP contribution in [-0.2, 0) is 6.54 Å². The van der Waals surface area contributed by atoms with E-state index in [1.807, 2.05) is 36.2 Å². The molecule has 17 heavy (non-hydrogen) atoms. The maximum absolute atomic E-state index is 10.5. The van der Waals surface area contributed by atoms with Crippen LogP contribution in [0.4, 0.5) is 5.88 Å². The molecule has 0 aliphatic heterocycles. The predicted octanol–water partition coefficient (Wildman–Crippen LogP) is 3.49. The van der Waals surface area contributed by atoms with Gasteiger partial charge in [-0.05, 0) is 17.7 Å². The van der Waals surface area contributed by atoms with Gasteiger partial charge in [0.25, 0.3) is 0 Å². The van der Waals surface area contributed by atoms with Gasteiger partial charge in [-0.3, -0.25) is 4.79 Å². The lowest BCUT2D eigenvalue weighted by Gasteiger charge is -2.16. The number of rotatable bonds is 4. The molecular formula is C13H12BrNO2. The second kappa shape index (κ2) is 5.19. The fraction of sp³-hybridized carbons (Fsp3) is 0.154. The lowest BCUT2D eigenvalue weighted by Crippen LogP contribution is -2.15. The van der Waals surface area contributed by atoms with Crippen LogP contribution in [0.15, 0.2) is 45.3 Å². The normalized spacial score (nSPS) is 10.2. The van der Waals surface area contributed by atoms with Gasteiger partial charge in [0.15, 0.2) is 17.9 Å². The molecule has 0 aliphatic rings. The van der Waals surface area contributed by atoms with Crippen molar-refractivity contribution in [1.82, 2.24) is 0 Å². The summed E-state index contributed by atoms with van der Waals surface area (Å²) in [6, 6.07) is 11.5. The van der Waals surface area contributed by atoms with Crippen LogP contribution in [0.5, 0.6) is 0 Å². The van der Waals surface area contributed by atoms with E-state index in [4.69, 9.17) is 4.42 Å². The number of benzene rings is 1. The predicted molar refractivity (Wildman–Crippen MR) is 70.3 cm³/mol. The quantitative estimate of drug-likeness (QED) is 0.809. The van der Waals surface area contributed by atoms with Crippen LogP contribution in [-0.4, -0.2) is 13.3 Å². The largest absolute Gasteiger partial charge is 0.438 e. The first-order valence-electron chi connectivity index (χ1n) is 5.20. The van der Waals surface area contributed by atoms with Gasteiger partial charge in [0, 0.05) is 24.1 Å². The van der Waals surface area contributed by atoms with Crippen molar-refractivity contribution in [2.45, 2.75) is 6.54 Å². The van der Waals surface area contributed by atoms with Crippen molar-refractivity contribution >= 4 is 28.1 Å². The van der Waals surface area contributed by atoms with Gasteiger partial charge in [0.05, 0.1) is 0 Å². The van der Waals surface area contributed by atoms with Gasteiger partial charge in [-0.1, -0.05) is 34.1 Å². The molecule has 0 saturated heterocycles. The Morgan fingerprint density at radius 2 is 2.06 bits per heavy atom. The van der Waals surface area contributed by atoms with Gasteiger partial charge in [-0.25, -0.2) is 0 Å². The van der Waals surface area contributed by atoms with Crippen molar-refractivity contribution in [2.75, 3.05) is 11.9 Å². The number of halogens is 1. The minimum Gasteiger partial charge on any atom is -0.438 e. The average molecular weight is 294 g/mol. The number of aldehydes is 1. The first-order valence-corrected chi connectivity index (χ1v) is 5.99. The van der Waals surface area contributed by atoms with Crippen molar-refractivity contribution in [3.05, 3.63) is 52.2 Å². The van der Waals surface area contributed by atoms with Crippen LogP contribution < -0.4 is 4.90 Å². The Labute approximate surface area is 108 Å².